The first-order chi connectivity index (χ1) is 2.89. The van der Waals surface area contributed by atoms with E-state index in [1.807, 2.05) is 0 Å². The lowest BCUT2D eigenvalue weighted by molar-refractivity contribution is -0.111. The van der Waals surface area contributed by atoms with Crippen molar-refractivity contribution in [2.75, 3.05) is 0 Å². The molecule has 0 saturated carbocycles. The molecule has 5 heteroatoms. The van der Waals surface area contributed by atoms with Crippen molar-refractivity contribution in [1.82, 2.24) is 0 Å². The second kappa shape index (κ2) is 2.14. The van der Waals surface area contributed by atoms with Gasteiger partial charge in [0.1, 0.15) is 6.21 Å². The monoisotopic (exact) mass is 101 g/mol. The van der Waals surface area contributed by atoms with Crippen LogP contribution in [0.4, 0.5) is 0 Å². The molecule has 0 aliphatic carbocycles. The summed E-state index contributed by atoms with van der Waals surface area (Å²) >= 11 is 0. The summed E-state index contributed by atoms with van der Waals surface area (Å²) in [5.41, 5.74) is 0. The number of rotatable bonds is 0. The van der Waals surface area contributed by atoms with E-state index < -0.39 is 0 Å². The van der Waals surface area contributed by atoms with Crippen molar-refractivity contribution in [3.63, 3.8) is 0 Å². The standard InChI is InChI=1S/C2HN3O.H2O/c6-2-1-3-5-4-2;/h1H;1H2. The van der Waals surface area contributed by atoms with Gasteiger partial charge in [0.2, 0.25) is 0 Å². The fraction of sp³-hybridized carbons (Fsp3) is 0. The number of carbonyl (C=O) groups excluding carboxylic acids is 1. The van der Waals surface area contributed by atoms with Crippen molar-refractivity contribution in [3.05, 3.63) is 0 Å². The van der Waals surface area contributed by atoms with Crippen molar-refractivity contribution in [3.8, 4) is 0 Å². The van der Waals surface area contributed by atoms with Crippen molar-refractivity contribution >= 4 is 12.1 Å². The topological polar surface area (TPSA) is 85.6 Å². The van der Waals surface area contributed by atoms with E-state index in [0.717, 1.165) is 6.21 Å². The first-order valence-corrected chi connectivity index (χ1v) is 1.37. The summed E-state index contributed by atoms with van der Waals surface area (Å²) in [7, 11) is 0. The van der Waals surface area contributed by atoms with Crippen molar-refractivity contribution in [1.29, 1.82) is 0 Å². The smallest absolute Gasteiger partial charge is 0.310 e. The van der Waals surface area contributed by atoms with E-state index in [2.05, 4.69) is 15.4 Å². The maximum Gasteiger partial charge on any atom is 0.310 e. The lowest BCUT2D eigenvalue weighted by atomic mass is 10.7. The van der Waals surface area contributed by atoms with E-state index >= 15 is 0 Å². The Morgan fingerprint density at radius 2 is 2.29 bits per heavy atom. The summed E-state index contributed by atoms with van der Waals surface area (Å²) < 4.78 is 0. The van der Waals surface area contributed by atoms with Crippen LogP contribution >= 0.6 is 0 Å². The van der Waals surface area contributed by atoms with Gasteiger partial charge < -0.3 is 5.48 Å². The minimum atomic E-state index is -0.380. The minimum absolute atomic E-state index is 0. The van der Waals surface area contributed by atoms with Crippen LogP contribution in [-0.4, -0.2) is 17.6 Å². The summed E-state index contributed by atoms with van der Waals surface area (Å²) in [4.78, 5) is 9.83. The van der Waals surface area contributed by atoms with Crippen LogP contribution in [0.15, 0.2) is 15.4 Å². The zero-order valence-electron chi connectivity index (χ0n) is 3.33. The molecule has 1 aliphatic heterocycles. The van der Waals surface area contributed by atoms with Crippen LogP contribution in [0, 0.1) is 0 Å². The Labute approximate surface area is 39.1 Å². The van der Waals surface area contributed by atoms with E-state index in [1.54, 1.807) is 0 Å². The van der Waals surface area contributed by atoms with E-state index in [9.17, 15) is 4.79 Å². The van der Waals surface area contributed by atoms with E-state index in [0.29, 0.717) is 0 Å². The molecule has 5 nitrogen and oxygen atoms in total. The Bertz CT molecular complexity index is 113. The fourth-order valence-corrected chi connectivity index (χ4v) is 0.171. The highest BCUT2D eigenvalue weighted by Crippen LogP contribution is 1.83. The van der Waals surface area contributed by atoms with Gasteiger partial charge in [-0.1, -0.05) is 5.11 Å². The highest BCUT2D eigenvalue weighted by atomic mass is 16.2. The van der Waals surface area contributed by atoms with Crippen LogP contribution < -0.4 is 0 Å². The van der Waals surface area contributed by atoms with Gasteiger partial charge in [-0.2, -0.15) is 0 Å². The number of nitrogens with zero attached hydrogens (tertiary/aromatic N) is 3. The summed E-state index contributed by atoms with van der Waals surface area (Å²) in [6, 6.07) is 0. The Hall–Kier alpha value is -1.10. The maximum atomic E-state index is 9.83. The van der Waals surface area contributed by atoms with E-state index in [4.69, 9.17) is 0 Å². The molecule has 0 aromatic heterocycles. The van der Waals surface area contributed by atoms with Crippen molar-refractivity contribution in [2.45, 2.75) is 0 Å². The number of amides is 1. The Balaban J connectivity index is 0.000000360. The third kappa shape index (κ3) is 1.18. The molecule has 1 aliphatic rings. The number of carbonyl (C=O) groups is 1. The Kier molecular flexibility index (Phi) is 1.80. The molecule has 1 heterocycles. The summed E-state index contributed by atoms with van der Waals surface area (Å²) in [6.07, 6.45) is 1.06. The van der Waals surface area contributed by atoms with Crippen LogP contribution in [-0.2, 0) is 4.79 Å². The van der Waals surface area contributed by atoms with Crippen LogP contribution in [0.1, 0.15) is 0 Å². The quantitative estimate of drug-likeness (QED) is 0.390. The van der Waals surface area contributed by atoms with Gasteiger partial charge in [0.25, 0.3) is 0 Å². The average molecular weight is 101 g/mol. The molecule has 0 aromatic rings. The summed E-state index contributed by atoms with van der Waals surface area (Å²) in [5.74, 6) is -0.380. The van der Waals surface area contributed by atoms with Gasteiger partial charge >= 0.3 is 5.91 Å². The molecule has 0 aromatic carbocycles. The molecule has 38 valence electrons. The predicted molar refractivity (Wildman–Crippen MR) is 22.0 cm³/mol. The number of hydrogen-bond donors (Lipinski definition) is 0. The largest absolute Gasteiger partial charge is 0.412 e. The fourth-order valence-electron chi connectivity index (χ4n) is 0.171. The first-order valence-electron chi connectivity index (χ1n) is 1.37. The molecule has 7 heavy (non-hydrogen) atoms. The third-order valence-electron chi connectivity index (χ3n) is 0.363. The van der Waals surface area contributed by atoms with Gasteiger partial charge in [-0.3, -0.25) is 4.79 Å². The van der Waals surface area contributed by atoms with Crippen LogP contribution in [0.25, 0.3) is 0 Å². The van der Waals surface area contributed by atoms with Gasteiger partial charge in [0.15, 0.2) is 0 Å². The summed E-state index contributed by atoms with van der Waals surface area (Å²) in [6.45, 7) is 0. The maximum absolute atomic E-state index is 9.83. The zero-order chi connectivity index (χ0) is 4.41. The van der Waals surface area contributed by atoms with Gasteiger partial charge in [-0.05, 0) is 5.22 Å². The second-order valence-electron chi connectivity index (χ2n) is 0.772. The van der Waals surface area contributed by atoms with Crippen LogP contribution in [0.3, 0.4) is 0 Å². The molecular formula is C2H3N3O2. The van der Waals surface area contributed by atoms with Crippen LogP contribution in [0.2, 0.25) is 0 Å². The normalized spacial score (nSPS) is 14.6. The molecule has 0 atom stereocenters. The molecule has 1 amide bonds. The highest BCUT2D eigenvalue weighted by molar-refractivity contribution is 6.27. The van der Waals surface area contributed by atoms with Crippen LogP contribution in [0.5, 0.6) is 0 Å². The van der Waals surface area contributed by atoms with E-state index in [1.165, 1.54) is 0 Å². The predicted octanol–water partition coefficient (Wildman–Crippen LogP) is -0.860. The summed E-state index contributed by atoms with van der Waals surface area (Å²) in [5, 5.41) is 9.16. The van der Waals surface area contributed by atoms with Gasteiger partial charge in [0.05, 0.1) is 0 Å². The van der Waals surface area contributed by atoms with Gasteiger partial charge in [-0.25, -0.2) is 0 Å². The SMILES string of the molecule is O.O=C1C=NN=N1. The molecule has 0 unspecified atom stereocenters. The first kappa shape index (κ1) is 5.90. The third-order valence-corrected chi connectivity index (χ3v) is 0.363. The number of hydrogen-bond acceptors (Lipinski definition) is 3. The molecule has 0 radical (unpaired) electrons. The molecule has 0 saturated heterocycles. The van der Waals surface area contributed by atoms with Gasteiger partial charge in [0, 0.05) is 0 Å². The van der Waals surface area contributed by atoms with Crippen molar-refractivity contribution in [2.24, 2.45) is 15.4 Å². The molecule has 2 N–H and O–H groups in total. The van der Waals surface area contributed by atoms with Gasteiger partial charge in [-0.15, -0.1) is 5.10 Å². The van der Waals surface area contributed by atoms with Crippen molar-refractivity contribution < 1.29 is 10.3 Å². The minimum Gasteiger partial charge on any atom is -0.412 e. The highest BCUT2D eigenvalue weighted by Gasteiger charge is 1.94. The molecule has 0 fully saturated rings. The Morgan fingerprint density at radius 1 is 1.57 bits per heavy atom. The van der Waals surface area contributed by atoms with E-state index in [-0.39, 0.29) is 11.4 Å². The zero-order valence-corrected chi connectivity index (χ0v) is 3.33. The lowest BCUT2D eigenvalue weighted by Gasteiger charge is -1.55. The second-order valence-corrected chi connectivity index (χ2v) is 0.772. The average Bonchev–Trinajstić information content (AvgIpc) is 1.86. The lowest BCUT2D eigenvalue weighted by Crippen LogP contribution is -1.84. The molecule has 0 bridgehead atoms. The molecular weight excluding hydrogens is 98.0 g/mol. The molecule has 0 spiro atoms. The Morgan fingerprint density at radius 3 is 2.43 bits per heavy atom. The molecule has 1 rings (SSSR count).